The lowest BCUT2D eigenvalue weighted by Gasteiger charge is -2.19. The van der Waals surface area contributed by atoms with Crippen LogP contribution in [0.4, 0.5) is 0 Å². The molecule has 0 saturated heterocycles. The maximum atomic E-state index is 11.8. The zero-order valence-corrected chi connectivity index (χ0v) is 16.4. The van der Waals surface area contributed by atoms with Gasteiger partial charge in [-0.2, -0.15) is 0 Å². The van der Waals surface area contributed by atoms with Crippen molar-refractivity contribution in [2.75, 3.05) is 26.2 Å². The van der Waals surface area contributed by atoms with E-state index in [0.717, 1.165) is 31.7 Å². The van der Waals surface area contributed by atoms with E-state index >= 15 is 0 Å². The fourth-order valence-corrected chi connectivity index (χ4v) is 2.60. The molecule has 4 nitrogen and oxygen atoms in total. The molecule has 1 aliphatic rings. The summed E-state index contributed by atoms with van der Waals surface area (Å²) in [6.45, 7) is 9.74. The normalized spacial score (nSPS) is 14.3. The molecule has 1 aliphatic heterocycles. The number of benzene rings is 1. The molecule has 0 aliphatic carbocycles. The molecule has 0 bridgehead atoms. The second-order valence-electron chi connectivity index (χ2n) is 7.32. The molecule has 0 atom stereocenters. The molecule has 140 valence electrons. The second kappa shape index (κ2) is 10.5. The van der Waals surface area contributed by atoms with Crippen LogP contribution in [0.2, 0.25) is 0 Å². The summed E-state index contributed by atoms with van der Waals surface area (Å²) < 4.78 is 5.72. The van der Waals surface area contributed by atoms with Crippen LogP contribution >= 0.6 is 12.4 Å². The summed E-state index contributed by atoms with van der Waals surface area (Å²) in [5.41, 5.74) is 2.76. The summed E-state index contributed by atoms with van der Waals surface area (Å²) in [5.74, 6) is 0.962. The Kier molecular flexibility index (Phi) is 9.01. The molecule has 0 fully saturated rings. The van der Waals surface area contributed by atoms with Crippen LogP contribution in [0.1, 0.15) is 45.6 Å². The molecule has 0 aromatic heterocycles. The van der Waals surface area contributed by atoms with Gasteiger partial charge in [-0.15, -0.1) is 12.4 Å². The van der Waals surface area contributed by atoms with Crippen molar-refractivity contribution in [1.29, 1.82) is 0 Å². The second-order valence-corrected chi connectivity index (χ2v) is 7.32. The Balaban J connectivity index is 0.00000312. The van der Waals surface area contributed by atoms with Crippen molar-refractivity contribution in [3.63, 3.8) is 0 Å². The van der Waals surface area contributed by atoms with Gasteiger partial charge < -0.3 is 15.4 Å². The molecular formula is C20H31ClN2O2. The highest BCUT2D eigenvalue weighted by molar-refractivity contribution is 5.85. The third kappa shape index (κ3) is 7.93. The predicted octanol–water partition coefficient (Wildman–Crippen LogP) is 3.60. The molecule has 2 N–H and O–H groups in total. The quantitative estimate of drug-likeness (QED) is 0.572. The number of carbonyl (C=O) groups is 1. The number of hydrogen-bond donors (Lipinski definition) is 2. The lowest BCUT2D eigenvalue weighted by molar-refractivity contribution is -0.121. The summed E-state index contributed by atoms with van der Waals surface area (Å²) in [6.07, 6.45) is 4.42. The molecular weight excluding hydrogens is 336 g/mol. The zero-order valence-electron chi connectivity index (χ0n) is 15.6. The Bertz CT molecular complexity index is 562. The van der Waals surface area contributed by atoms with E-state index in [9.17, 15) is 4.79 Å². The molecule has 5 heteroatoms. The van der Waals surface area contributed by atoms with Gasteiger partial charge in [-0.25, -0.2) is 0 Å². The first-order chi connectivity index (χ1) is 11.4. The van der Waals surface area contributed by atoms with Gasteiger partial charge in [0.25, 0.3) is 0 Å². The van der Waals surface area contributed by atoms with Crippen molar-refractivity contribution >= 4 is 18.3 Å². The first kappa shape index (κ1) is 21.5. The number of carbonyl (C=O) groups excluding carboxylic acids is 1. The van der Waals surface area contributed by atoms with Gasteiger partial charge in [0.1, 0.15) is 5.75 Å². The lowest BCUT2D eigenvalue weighted by atomic mass is 9.87. The summed E-state index contributed by atoms with van der Waals surface area (Å²) >= 11 is 0. The van der Waals surface area contributed by atoms with Crippen LogP contribution in [-0.2, 0) is 10.2 Å². The van der Waals surface area contributed by atoms with Crippen LogP contribution in [0.15, 0.2) is 35.9 Å². The van der Waals surface area contributed by atoms with Crippen molar-refractivity contribution in [3.05, 3.63) is 41.5 Å². The average molecular weight is 367 g/mol. The SMILES string of the molecule is CC(C)(C)c1ccc(OCCCC(=O)NCC2=CCNCC2)cc1.Cl. The molecule has 2 rings (SSSR count). The fraction of sp³-hybridized carbons (Fsp3) is 0.550. The van der Waals surface area contributed by atoms with Crippen LogP contribution < -0.4 is 15.4 Å². The maximum absolute atomic E-state index is 11.8. The van der Waals surface area contributed by atoms with E-state index in [4.69, 9.17) is 4.74 Å². The van der Waals surface area contributed by atoms with Crippen LogP contribution in [-0.4, -0.2) is 32.1 Å². The number of ether oxygens (including phenoxy) is 1. The van der Waals surface area contributed by atoms with Crippen LogP contribution in [0.3, 0.4) is 0 Å². The van der Waals surface area contributed by atoms with E-state index in [-0.39, 0.29) is 23.7 Å². The van der Waals surface area contributed by atoms with Crippen LogP contribution in [0.25, 0.3) is 0 Å². The molecule has 0 saturated carbocycles. The minimum Gasteiger partial charge on any atom is -0.494 e. The largest absolute Gasteiger partial charge is 0.494 e. The van der Waals surface area contributed by atoms with Crippen molar-refractivity contribution in [1.82, 2.24) is 10.6 Å². The molecule has 1 aromatic rings. The van der Waals surface area contributed by atoms with Gasteiger partial charge in [0.05, 0.1) is 6.61 Å². The number of rotatable bonds is 7. The van der Waals surface area contributed by atoms with Gasteiger partial charge in [0.15, 0.2) is 0 Å². The van der Waals surface area contributed by atoms with Gasteiger partial charge in [-0.05, 0) is 42.5 Å². The average Bonchev–Trinajstić information content (AvgIpc) is 2.57. The van der Waals surface area contributed by atoms with Crippen molar-refractivity contribution in [3.8, 4) is 5.75 Å². The number of halogens is 1. The lowest BCUT2D eigenvalue weighted by Crippen LogP contribution is -2.29. The first-order valence-electron chi connectivity index (χ1n) is 8.84. The van der Waals surface area contributed by atoms with E-state index < -0.39 is 0 Å². The van der Waals surface area contributed by atoms with E-state index in [1.165, 1.54) is 11.1 Å². The van der Waals surface area contributed by atoms with Gasteiger partial charge in [0, 0.05) is 19.5 Å². The maximum Gasteiger partial charge on any atom is 0.220 e. The Morgan fingerprint density at radius 3 is 2.56 bits per heavy atom. The van der Waals surface area contributed by atoms with Crippen molar-refractivity contribution < 1.29 is 9.53 Å². The van der Waals surface area contributed by atoms with Gasteiger partial charge in [0.2, 0.25) is 5.91 Å². The molecule has 0 unspecified atom stereocenters. The smallest absolute Gasteiger partial charge is 0.220 e. The van der Waals surface area contributed by atoms with Crippen molar-refractivity contribution in [2.45, 2.75) is 45.4 Å². The van der Waals surface area contributed by atoms with E-state index in [1.807, 2.05) is 12.1 Å². The molecule has 0 radical (unpaired) electrons. The molecule has 1 aromatic carbocycles. The van der Waals surface area contributed by atoms with Crippen LogP contribution in [0.5, 0.6) is 5.75 Å². The Labute approximate surface area is 157 Å². The van der Waals surface area contributed by atoms with Crippen molar-refractivity contribution in [2.24, 2.45) is 0 Å². The Morgan fingerprint density at radius 2 is 1.96 bits per heavy atom. The summed E-state index contributed by atoms with van der Waals surface area (Å²) in [6, 6.07) is 8.22. The number of hydrogen-bond acceptors (Lipinski definition) is 3. The monoisotopic (exact) mass is 366 g/mol. The molecule has 0 spiro atoms. The fourth-order valence-electron chi connectivity index (χ4n) is 2.60. The predicted molar refractivity (Wildman–Crippen MR) is 106 cm³/mol. The number of nitrogens with one attached hydrogen (secondary N) is 2. The highest BCUT2D eigenvalue weighted by Crippen LogP contribution is 2.24. The highest BCUT2D eigenvalue weighted by atomic mass is 35.5. The summed E-state index contributed by atoms with van der Waals surface area (Å²) in [4.78, 5) is 11.8. The third-order valence-corrected chi connectivity index (χ3v) is 4.21. The minimum atomic E-state index is 0. The third-order valence-electron chi connectivity index (χ3n) is 4.21. The molecule has 1 heterocycles. The van der Waals surface area contributed by atoms with E-state index in [2.05, 4.69) is 49.6 Å². The topological polar surface area (TPSA) is 50.4 Å². The van der Waals surface area contributed by atoms with Gasteiger partial charge >= 0.3 is 0 Å². The standard InChI is InChI=1S/C20H30N2O2.ClH/c1-20(2,3)17-6-8-18(9-7-17)24-14-4-5-19(23)22-15-16-10-12-21-13-11-16;/h6-10,21H,4-5,11-15H2,1-3H3,(H,22,23);1H. The summed E-state index contributed by atoms with van der Waals surface area (Å²) in [7, 11) is 0. The molecule has 25 heavy (non-hydrogen) atoms. The van der Waals surface area contributed by atoms with E-state index in [1.54, 1.807) is 0 Å². The summed E-state index contributed by atoms with van der Waals surface area (Å²) in [5, 5.41) is 6.25. The molecule has 1 amide bonds. The zero-order chi connectivity index (χ0) is 17.4. The minimum absolute atomic E-state index is 0. The van der Waals surface area contributed by atoms with Gasteiger partial charge in [-0.3, -0.25) is 4.79 Å². The first-order valence-corrected chi connectivity index (χ1v) is 8.84. The van der Waals surface area contributed by atoms with Crippen LogP contribution in [0, 0.1) is 0 Å². The Hall–Kier alpha value is -1.52. The van der Waals surface area contributed by atoms with Gasteiger partial charge in [-0.1, -0.05) is 44.6 Å². The highest BCUT2D eigenvalue weighted by Gasteiger charge is 2.13. The van der Waals surface area contributed by atoms with E-state index in [0.29, 0.717) is 19.6 Å². The number of amides is 1. The Morgan fingerprint density at radius 1 is 1.24 bits per heavy atom.